The van der Waals surface area contributed by atoms with Gasteiger partial charge in [0, 0.05) is 0 Å². The van der Waals surface area contributed by atoms with Crippen LogP contribution in [0.2, 0.25) is 5.04 Å². The van der Waals surface area contributed by atoms with E-state index in [2.05, 4.69) is 45.0 Å². The van der Waals surface area contributed by atoms with Gasteiger partial charge in [0.05, 0.1) is 24.3 Å². The molecular weight excluding hydrogens is 817 g/mol. The Balaban J connectivity index is 1.48. The molecule has 0 aromatic heterocycles. The number of nitrogens with one attached hydrogen (secondary N) is 1. The third kappa shape index (κ3) is 10.2. The quantitative estimate of drug-likeness (QED) is 0.0412. The number of halogens is 3. The van der Waals surface area contributed by atoms with Crippen molar-refractivity contribution in [3.63, 3.8) is 0 Å². The lowest BCUT2D eigenvalue weighted by molar-refractivity contribution is -0.289. The van der Waals surface area contributed by atoms with Crippen molar-refractivity contribution in [3.05, 3.63) is 168 Å². The van der Waals surface area contributed by atoms with Crippen LogP contribution < -0.4 is 10.4 Å². The van der Waals surface area contributed by atoms with E-state index in [4.69, 9.17) is 68.3 Å². The first-order valence-electron chi connectivity index (χ1n) is 18.7. The van der Waals surface area contributed by atoms with Gasteiger partial charge in [-0.1, -0.05) is 183 Å². The fourth-order valence-corrected chi connectivity index (χ4v) is 11.7. The molecule has 1 saturated heterocycles. The normalized spacial score (nSPS) is 19.8. The molecule has 0 aliphatic carbocycles. The molecular formula is C45H44Cl3NO8Si. The van der Waals surface area contributed by atoms with E-state index in [0.717, 1.165) is 15.9 Å². The molecule has 6 rings (SSSR count). The van der Waals surface area contributed by atoms with Crippen LogP contribution >= 0.6 is 34.8 Å². The average molecular weight is 861 g/mol. The molecule has 5 atom stereocenters. The molecule has 0 radical (unpaired) electrons. The van der Waals surface area contributed by atoms with Gasteiger partial charge in [0.2, 0.25) is 12.2 Å². The summed E-state index contributed by atoms with van der Waals surface area (Å²) in [6.45, 7) is 6.24. The van der Waals surface area contributed by atoms with Gasteiger partial charge in [0.15, 0.2) is 12.2 Å². The van der Waals surface area contributed by atoms with Crippen LogP contribution in [0.1, 0.15) is 47.1 Å². The van der Waals surface area contributed by atoms with E-state index in [1.54, 1.807) is 60.7 Å². The molecule has 1 aliphatic rings. The smallest absolute Gasteiger partial charge is 0.338 e. The van der Waals surface area contributed by atoms with Crippen LogP contribution in [0.5, 0.6) is 0 Å². The topological polar surface area (TPSA) is 113 Å². The average Bonchev–Trinajstić information content (AvgIpc) is 3.22. The molecule has 302 valence electrons. The number of ether oxygens (including phenoxy) is 5. The third-order valence-corrected chi connectivity index (χ3v) is 15.3. The van der Waals surface area contributed by atoms with Gasteiger partial charge >= 0.3 is 11.9 Å². The molecule has 5 aromatic carbocycles. The molecule has 0 saturated carbocycles. The number of rotatable bonds is 13. The zero-order valence-electron chi connectivity index (χ0n) is 32.1. The van der Waals surface area contributed by atoms with E-state index >= 15 is 0 Å². The summed E-state index contributed by atoms with van der Waals surface area (Å²) >= 11 is 18.4. The molecule has 1 aliphatic heterocycles. The Morgan fingerprint density at radius 2 is 1.05 bits per heavy atom. The summed E-state index contributed by atoms with van der Waals surface area (Å²) in [6.07, 6.45) is -6.76. The van der Waals surface area contributed by atoms with Gasteiger partial charge in [-0.05, 0) is 45.2 Å². The highest BCUT2D eigenvalue weighted by Gasteiger charge is 2.56. The summed E-state index contributed by atoms with van der Waals surface area (Å²) < 4.78 is 36.7. The minimum Gasteiger partial charge on any atom is -0.453 e. The summed E-state index contributed by atoms with van der Waals surface area (Å²) in [7, 11) is -3.22. The maximum atomic E-state index is 14.0. The highest BCUT2D eigenvalue weighted by molar-refractivity contribution is 6.99. The molecule has 5 aromatic rings. The Kier molecular flexibility index (Phi) is 14.1. The highest BCUT2D eigenvalue weighted by Crippen LogP contribution is 2.39. The second-order valence-electron chi connectivity index (χ2n) is 14.7. The number of benzene rings is 5. The van der Waals surface area contributed by atoms with Crippen LogP contribution in [-0.2, 0) is 34.7 Å². The fraction of sp³-hybridized carbons (Fsp3) is 0.267. The van der Waals surface area contributed by atoms with Crippen molar-refractivity contribution < 1.29 is 37.7 Å². The largest absolute Gasteiger partial charge is 0.453 e. The number of esters is 2. The highest BCUT2D eigenvalue weighted by atomic mass is 35.6. The van der Waals surface area contributed by atoms with Gasteiger partial charge < -0.3 is 28.1 Å². The number of carbonyl (C=O) groups is 2. The zero-order chi connectivity index (χ0) is 41.3. The monoisotopic (exact) mass is 859 g/mol. The standard InChI is InChI=1S/C45H44Cl3NO8Si/c1-44(2,3)58(34-25-15-7-16-26-34,35-27-17-8-18-28-35)53-30-36-37(55-40(50)32-21-11-5-12-22-32)38(52-29-31-19-9-4-10-20-31)39(42(54-36)57-43(49)45(46,47)48)56-41(51)33-23-13-6-14-24-33/h4-28,36-39,42,49H,29-30H2,1-3H3/t36-,37+,38+,39-,42-/m1/s1. The molecule has 1 N–H and O–H groups in total. The first-order valence-corrected chi connectivity index (χ1v) is 21.7. The SMILES string of the molecule is CC(C)(C)[Si](OC[C@H]1O[C@H](OC(=N)C(Cl)(Cl)Cl)[C@H](OC(=O)c2ccccc2)[C@@H](OCc2ccccc2)[C@H]1OC(=O)c1ccccc1)(c1ccccc1)c1ccccc1. The summed E-state index contributed by atoms with van der Waals surface area (Å²) in [5.41, 5.74) is 1.27. The number of hydrogen-bond donors (Lipinski definition) is 1. The lowest BCUT2D eigenvalue weighted by atomic mass is 9.97. The second kappa shape index (κ2) is 19.0. The van der Waals surface area contributed by atoms with E-state index in [9.17, 15) is 9.59 Å². The maximum absolute atomic E-state index is 14.0. The Hall–Kier alpha value is -4.52. The van der Waals surface area contributed by atoms with E-state index in [1.807, 2.05) is 66.7 Å². The molecule has 0 spiro atoms. The van der Waals surface area contributed by atoms with Crippen molar-refractivity contribution >= 4 is 71.3 Å². The van der Waals surface area contributed by atoms with Crippen molar-refractivity contribution in [3.8, 4) is 0 Å². The molecule has 0 amide bonds. The Morgan fingerprint density at radius 3 is 1.50 bits per heavy atom. The fourth-order valence-electron chi connectivity index (χ4n) is 7.01. The first kappa shape index (κ1) is 43.1. The molecule has 9 nitrogen and oxygen atoms in total. The Bertz CT molecular complexity index is 2060. The van der Waals surface area contributed by atoms with Crippen molar-refractivity contribution in [2.24, 2.45) is 0 Å². The van der Waals surface area contributed by atoms with Gasteiger partial charge in [-0.25, -0.2) is 9.59 Å². The summed E-state index contributed by atoms with van der Waals surface area (Å²) in [5.74, 6) is -2.23. The van der Waals surface area contributed by atoms with Crippen molar-refractivity contribution in [2.75, 3.05) is 6.61 Å². The van der Waals surface area contributed by atoms with Gasteiger partial charge in [0.1, 0.15) is 12.2 Å². The van der Waals surface area contributed by atoms with Gasteiger partial charge in [-0.2, -0.15) is 0 Å². The van der Waals surface area contributed by atoms with Gasteiger partial charge in [0.25, 0.3) is 12.1 Å². The van der Waals surface area contributed by atoms with Crippen LogP contribution in [-0.4, -0.2) is 67.3 Å². The number of hydrogen-bond acceptors (Lipinski definition) is 9. The van der Waals surface area contributed by atoms with E-state index in [-0.39, 0.29) is 24.3 Å². The maximum Gasteiger partial charge on any atom is 0.338 e. The number of alkyl halides is 3. The Morgan fingerprint density at radius 1 is 0.621 bits per heavy atom. The summed E-state index contributed by atoms with van der Waals surface area (Å²) in [4.78, 5) is 27.9. The van der Waals surface area contributed by atoms with Crippen molar-refractivity contribution in [2.45, 2.75) is 66.9 Å². The van der Waals surface area contributed by atoms with Crippen LogP contribution in [0.15, 0.2) is 152 Å². The predicted octanol–water partition coefficient (Wildman–Crippen LogP) is 8.69. The van der Waals surface area contributed by atoms with Crippen molar-refractivity contribution in [1.82, 2.24) is 0 Å². The molecule has 1 fully saturated rings. The van der Waals surface area contributed by atoms with Crippen LogP contribution in [0.3, 0.4) is 0 Å². The van der Waals surface area contributed by atoms with E-state index < -0.39 is 65.7 Å². The van der Waals surface area contributed by atoms with Crippen LogP contribution in [0, 0.1) is 5.41 Å². The minimum atomic E-state index is -3.22. The van der Waals surface area contributed by atoms with Crippen LogP contribution in [0.4, 0.5) is 0 Å². The van der Waals surface area contributed by atoms with E-state index in [0.29, 0.717) is 0 Å². The lowest BCUT2D eigenvalue weighted by Gasteiger charge is -2.47. The van der Waals surface area contributed by atoms with E-state index in [1.165, 1.54) is 0 Å². The van der Waals surface area contributed by atoms with Crippen LogP contribution in [0.25, 0.3) is 0 Å². The second-order valence-corrected chi connectivity index (χ2v) is 21.3. The zero-order valence-corrected chi connectivity index (χ0v) is 35.4. The third-order valence-electron chi connectivity index (χ3n) is 9.75. The van der Waals surface area contributed by atoms with Crippen molar-refractivity contribution in [1.29, 1.82) is 5.41 Å². The number of carbonyl (C=O) groups excluding carboxylic acids is 2. The molecule has 0 unspecified atom stereocenters. The Labute approximate surface area is 354 Å². The minimum absolute atomic E-state index is 0.00118. The summed E-state index contributed by atoms with van der Waals surface area (Å²) in [6, 6.07) is 46.1. The molecule has 13 heteroatoms. The predicted molar refractivity (Wildman–Crippen MR) is 228 cm³/mol. The lowest BCUT2D eigenvalue weighted by Crippen LogP contribution is -2.69. The van der Waals surface area contributed by atoms with Gasteiger partial charge in [-0.3, -0.25) is 5.41 Å². The summed E-state index contributed by atoms with van der Waals surface area (Å²) in [5, 5.41) is 10.1. The van der Waals surface area contributed by atoms with Gasteiger partial charge in [-0.15, -0.1) is 0 Å². The molecule has 1 heterocycles. The molecule has 0 bridgehead atoms. The first-order chi connectivity index (χ1) is 27.8. The molecule has 58 heavy (non-hydrogen) atoms.